The van der Waals surface area contributed by atoms with Crippen LogP contribution in [0.25, 0.3) is 11.1 Å². The van der Waals surface area contributed by atoms with E-state index in [2.05, 4.69) is 10.6 Å². The van der Waals surface area contributed by atoms with Gasteiger partial charge in [-0.25, -0.2) is 4.39 Å². The molecule has 2 nitrogen and oxygen atoms in total. The van der Waals surface area contributed by atoms with Gasteiger partial charge in [0, 0.05) is 0 Å². The zero-order valence-corrected chi connectivity index (χ0v) is 13.8. The lowest BCUT2D eigenvalue weighted by Gasteiger charge is -2.23. The van der Waals surface area contributed by atoms with Crippen molar-refractivity contribution in [1.82, 2.24) is 0 Å². The van der Waals surface area contributed by atoms with Crippen molar-refractivity contribution in [2.75, 3.05) is 10.6 Å². The summed E-state index contributed by atoms with van der Waals surface area (Å²) < 4.78 is 52.0. The standard InChI is InChI=1S/C16H12Cl2F4N2/c1-15(17,18)14-23-12-7-9(8-2-4-10(19)5-3-8)6-11(13(12)24-14)16(20,21)22/h2-7,14,23-24H,1H3. The molecule has 24 heavy (non-hydrogen) atoms. The number of hydrogen-bond donors (Lipinski definition) is 2. The first-order valence-corrected chi connectivity index (χ1v) is 7.73. The molecule has 1 heterocycles. The van der Waals surface area contributed by atoms with Crippen LogP contribution in [0.3, 0.4) is 0 Å². The van der Waals surface area contributed by atoms with Gasteiger partial charge < -0.3 is 10.6 Å². The second-order valence-electron chi connectivity index (χ2n) is 5.63. The van der Waals surface area contributed by atoms with E-state index in [1.54, 1.807) is 6.07 Å². The van der Waals surface area contributed by atoms with Crippen molar-refractivity contribution in [3.63, 3.8) is 0 Å². The summed E-state index contributed by atoms with van der Waals surface area (Å²) in [4.78, 5) is 0. The highest BCUT2D eigenvalue weighted by Crippen LogP contribution is 2.46. The molecule has 0 saturated carbocycles. The number of rotatable bonds is 2. The highest BCUT2D eigenvalue weighted by atomic mass is 35.5. The second kappa shape index (κ2) is 5.70. The Balaban J connectivity index is 2.11. The molecule has 1 aliphatic rings. The zero-order chi connectivity index (χ0) is 17.7. The van der Waals surface area contributed by atoms with Gasteiger partial charge in [-0.3, -0.25) is 0 Å². The number of hydrogen-bond acceptors (Lipinski definition) is 2. The first-order valence-electron chi connectivity index (χ1n) is 6.98. The first kappa shape index (κ1) is 17.2. The molecule has 0 amide bonds. The van der Waals surface area contributed by atoms with Crippen molar-refractivity contribution in [1.29, 1.82) is 0 Å². The summed E-state index contributed by atoms with van der Waals surface area (Å²) in [6, 6.07) is 7.79. The fraction of sp³-hybridized carbons (Fsp3) is 0.250. The van der Waals surface area contributed by atoms with Crippen molar-refractivity contribution < 1.29 is 17.6 Å². The maximum atomic E-state index is 13.4. The maximum absolute atomic E-state index is 13.4. The van der Waals surface area contributed by atoms with Gasteiger partial charge in [-0.15, -0.1) is 0 Å². The normalized spacial score (nSPS) is 17.2. The Morgan fingerprint density at radius 2 is 1.58 bits per heavy atom. The number of benzene rings is 2. The number of halogens is 6. The minimum Gasteiger partial charge on any atom is -0.361 e. The lowest BCUT2D eigenvalue weighted by Crippen LogP contribution is -2.38. The van der Waals surface area contributed by atoms with Crippen LogP contribution >= 0.6 is 23.2 Å². The molecule has 0 aliphatic carbocycles. The smallest absolute Gasteiger partial charge is 0.361 e. The Bertz CT molecular complexity index is 767. The monoisotopic (exact) mass is 378 g/mol. The Morgan fingerprint density at radius 1 is 0.958 bits per heavy atom. The molecule has 0 aromatic heterocycles. The predicted octanol–water partition coefficient (Wildman–Crippen LogP) is 5.87. The Hall–Kier alpha value is -1.66. The number of fused-ring (bicyclic) bond motifs is 1. The van der Waals surface area contributed by atoms with Gasteiger partial charge in [-0.1, -0.05) is 35.3 Å². The van der Waals surface area contributed by atoms with Crippen LogP contribution in [0.15, 0.2) is 36.4 Å². The minimum absolute atomic E-state index is 0.106. The van der Waals surface area contributed by atoms with Gasteiger partial charge in [-0.05, 0) is 42.3 Å². The molecule has 0 saturated heterocycles. The summed E-state index contributed by atoms with van der Waals surface area (Å²) in [6.45, 7) is 1.47. The molecule has 8 heteroatoms. The van der Waals surface area contributed by atoms with Gasteiger partial charge in [0.15, 0.2) is 4.33 Å². The Morgan fingerprint density at radius 3 is 2.12 bits per heavy atom. The van der Waals surface area contributed by atoms with E-state index in [0.29, 0.717) is 11.1 Å². The van der Waals surface area contributed by atoms with E-state index < -0.39 is 28.1 Å². The molecule has 128 valence electrons. The Labute approximate surface area is 145 Å². The third-order valence-corrected chi connectivity index (χ3v) is 4.15. The van der Waals surface area contributed by atoms with Gasteiger partial charge in [0.05, 0.1) is 16.9 Å². The van der Waals surface area contributed by atoms with E-state index >= 15 is 0 Å². The average molecular weight is 379 g/mol. The van der Waals surface area contributed by atoms with Gasteiger partial charge in [0.1, 0.15) is 12.0 Å². The molecule has 1 atom stereocenters. The Kier molecular flexibility index (Phi) is 4.08. The number of anilines is 2. The highest BCUT2D eigenvalue weighted by molar-refractivity contribution is 6.49. The molecule has 1 aliphatic heterocycles. The molecule has 0 bridgehead atoms. The molecule has 2 N–H and O–H groups in total. The maximum Gasteiger partial charge on any atom is 0.418 e. The summed E-state index contributed by atoms with van der Waals surface area (Å²) >= 11 is 12.0. The SMILES string of the molecule is CC(Cl)(Cl)C1Nc2cc(-c3ccc(F)cc3)cc(C(F)(F)F)c2N1. The summed E-state index contributed by atoms with van der Waals surface area (Å²) in [6.07, 6.45) is -5.35. The summed E-state index contributed by atoms with van der Waals surface area (Å²) in [5.74, 6) is -0.462. The summed E-state index contributed by atoms with van der Waals surface area (Å²) in [5.41, 5.74) is 0.0656. The fourth-order valence-electron chi connectivity index (χ4n) is 2.53. The average Bonchev–Trinajstić information content (AvgIpc) is 2.89. The molecular formula is C16H12Cl2F4N2. The molecular weight excluding hydrogens is 367 g/mol. The minimum atomic E-state index is -4.57. The van der Waals surface area contributed by atoms with E-state index in [0.717, 1.165) is 6.07 Å². The third kappa shape index (κ3) is 3.26. The molecule has 2 aromatic carbocycles. The third-order valence-electron chi connectivity index (χ3n) is 3.72. The van der Waals surface area contributed by atoms with Gasteiger partial charge in [0.2, 0.25) is 0 Å². The van der Waals surface area contributed by atoms with E-state index in [4.69, 9.17) is 23.2 Å². The van der Waals surface area contributed by atoms with Crippen LogP contribution in [0.2, 0.25) is 0 Å². The zero-order valence-electron chi connectivity index (χ0n) is 12.3. The van der Waals surface area contributed by atoms with Crippen LogP contribution < -0.4 is 10.6 Å². The lowest BCUT2D eigenvalue weighted by molar-refractivity contribution is -0.136. The van der Waals surface area contributed by atoms with Crippen LogP contribution in [0.5, 0.6) is 0 Å². The molecule has 1 unspecified atom stereocenters. The number of alkyl halides is 5. The van der Waals surface area contributed by atoms with Crippen LogP contribution in [0.1, 0.15) is 12.5 Å². The van der Waals surface area contributed by atoms with Crippen molar-refractivity contribution in [3.8, 4) is 11.1 Å². The topological polar surface area (TPSA) is 24.1 Å². The second-order valence-corrected chi connectivity index (χ2v) is 7.39. The molecule has 3 rings (SSSR count). The quantitative estimate of drug-likeness (QED) is 0.504. The van der Waals surface area contributed by atoms with E-state index in [1.165, 1.54) is 31.2 Å². The predicted molar refractivity (Wildman–Crippen MR) is 88.0 cm³/mol. The summed E-state index contributed by atoms with van der Waals surface area (Å²) in [5, 5.41) is 5.54. The van der Waals surface area contributed by atoms with Gasteiger partial charge in [-0.2, -0.15) is 13.2 Å². The highest BCUT2D eigenvalue weighted by Gasteiger charge is 2.41. The first-order chi connectivity index (χ1) is 11.1. The molecule has 0 radical (unpaired) electrons. The van der Waals surface area contributed by atoms with Crippen LogP contribution in [-0.2, 0) is 6.18 Å². The number of nitrogens with one attached hydrogen (secondary N) is 2. The lowest BCUT2D eigenvalue weighted by atomic mass is 10.0. The van der Waals surface area contributed by atoms with Gasteiger partial charge >= 0.3 is 6.18 Å². The van der Waals surface area contributed by atoms with Crippen molar-refractivity contribution in [3.05, 3.63) is 47.8 Å². The fourth-order valence-corrected chi connectivity index (χ4v) is 2.75. The van der Waals surface area contributed by atoms with Crippen LogP contribution in [0, 0.1) is 5.82 Å². The van der Waals surface area contributed by atoms with Crippen LogP contribution in [-0.4, -0.2) is 10.5 Å². The van der Waals surface area contributed by atoms with E-state index in [-0.39, 0.29) is 11.4 Å². The van der Waals surface area contributed by atoms with Gasteiger partial charge in [0.25, 0.3) is 0 Å². The largest absolute Gasteiger partial charge is 0.418 e. The van der Waals surface area contributed by atoms with Crippen molar-refractivity contribution in [2.45, 2.75) is 23.6 Å². The van der Waals surface area contributed by atoms with E-state index in [9.17, 15) is 17.6 Å². The van der Waals surface area contributed by atoms with E-state index in [1.807, 2.05) is 0 Å². The summed E-state index contributed by atoms with van der Waals surface area (Å²) in [7, 11) is 0. The van der Waals surface area contributed by atoms with Crippen LogP contribution in [0.4, 0.5) is 28.9 Å². The molecule has 0 spiro atoms. The molecule has 0 fully saturated rings. The van der Waals surface area contributed by atoms with Crippen molar-refractivity contribution in [2.24, 2.45) is 0 Å². The molecule has 2 aromatic rings. The van der Waals surface area contributed by atoms with Crippen molar-refractivity contribution >= 4 is 34.6 Å².